The second-order valence-electron chi connectivity index (χ2n) is 5.59. The van der Waals surface area contributed by atoms with Crippen LogP contribution >= 0.6 is 0 Å². The van der Waals surface area contributed by atoms with Crippen molar-refractivity contribution >= 4 is 11.7 Å². The molecule has 0 atom stereocenters. The van der Waals surface area contributed by atoms with Gasteiger partial charge in [-0.15, -0.1) is 0 Å². The maximum absolute atomic E-state index is 12.1. The van der Waals surface area contributed by atoms with E-state index in [1.807, 2.05) is 6.07 Å². The molecular weight excluding hydrogens is 364 g/mol. The number of urea groups is 1. The van der Waals surface area contributed by atoms with Crippen LogP contribution in [-0.2, 0) is 6.54 Å². The Hall–Kier alpha value is -3.75. The van der Waals surface area contributed by atoms with Gasteiger partial charge in [-0.2, -0.15) is 4.98 Å². The van der Waals surface area contributed by atoms with Crippen LogP contribution in [-0.4, -0.2) is 37.5 Å². The normalized spacial score (nSPS) is 10.2. The first kappa shape index (κ1) is 19.0. The zero-order valence-electron chi connectivity index (χ0n) is 15.7. The minimum Gasteiger partial charge on any atom is -0.495 e. The highest BCUT2D eigenvalue weighted by molar-refractivity contribution is 5.90. The summed E-state index contributed by atoms with van der Waals surface area (Å²) in [6.07, 6.45) is 0. The number of nitrogens with one attached hydrogen (secondary N) is 2. The van der Waals surface area contributed by atoms with Crippen LogP contribution in [0.5, 0.6) is 17.2 Å². The zero-order chi connectivity index (χ0) is 19.9. The maximum Gasteiger partial charge on any atom is 0.319 e. The second kappa shape index (κ2) is 8.76. The van der Waals surface area contributed by atoms with Gasteiger partial charge in [0.1, 0.15) is 5.75 Å². The number of anilines is 1. The number of carbonyl (C=O) groups is 1. The average Bonchev–Trinajstić information content (AvgIpc) is 3.21. The van der Waals surface area contributed by atoms with Crippen LogP contribution in [0.3, 0.4) is 0 Å². The Morgan fingerprint density at radius 1 is 1.00 bits per heavy atom. The zero-order valence-corrected chi connectivity index (χ0v) is 15.7. The van der Waals surface area contributed by atoms with E-state index in [9.17, 15) is 4.79 Å². The molecule has 1 heterocycles. The molecule has 1 aromatic heterocycles. The van der Waals surface area contributed by atoms with Crippen molar-refractivity contribution in [3.8, 4) is 28.6 Å². The fraction of sp³-hybridized carbons (Fsp3) is 0.211. The molecule has 0 aliphatic heterocycles. The molecular formula is C19H20N4O5. The smallest absolute Gasteiger partial charge is 0.319 e. The molecule has 0 bridgehead atoms. The summed E-state index contributed by atoms with van der Waals surface area (Å²) in [4.78, 5) is 16.4. The first-order chi connectivity index (χ1) is 13.6. The molecule has 3 rings (SSSR count). The first-order valence-electron chi connectivity index (χ1n) is 8.37. The Morgan fingerprint density at radius 2 is 1.75 bits per heavy atom. The Kier molecular flexibility index (Phi) is 5.95. The number of ether oxygens (including phenoxy) is 3. The number of carbonyl (C=O) groups excluding carboxylic acids is 1. The van der Waals surface area contributed by atoms with Crippen LogP contribution in [0.15, 0.2) is 47.0 Å². The van der Waals surface area contributed by atoms with Crippen molar-refractivity contribution in [2.24, 2.45) is 0 Å². The molecule has 0 aliphatic rings. The lowest BCUT2D eigenvalue weighted by atomic mass is 10.2. The van der Waals surface area contributed by atoms with Crippen molar-refractivity contribution in [2.75, 3.05) is 26.6 Å². The molecule has 2 amide bonds. The van der Waals surface area contributed by atoms with Crippen molar-refractivity contribution in [1.82, 2.24) is 15.5 Å². The molecule has 0 aliphatic carbocycles. The lowest BCUT2D eigenvalue weighted by Crippen LogP contribution is -2.28. The molecule has 9 heteroatoms. The Labute approximate surface area is 161 Å². The van der Waals surface area contributed by atoms with Gasteiger partial charge in [0.15, 0.2) is 11.5 Å². The van der Waals surface area contributed by atoms with E-state index < -0.39 is 6.03 Å². The summed E-state index contributed by atoms with van der Waals surface area (Å²) < 4.78 is 20.9. The molecule has 2 N–H and O–H groups in total. The number of rotatable bonds is 7. The Bertz CT molecular complexity index is 957. The number of nitrogens with zero attached hydrogens (tertiary/aromatic N) is 2. The lowest BCUT2D eigenvalue weighted by molar-refractivity contribution is 0.249. The lowest BCUT2D eigenvalue weighted by Gasteiger charge is -2.09. The van der Waals surface area contributed by atoms with Gasteiger partial charge in [0.05, 0.1) is 33.6 Å². The van der Waals surface area contributed by atoms with Crippen LogP contribution in [0.1, 0.15) is 5.89 Å². The number of amides is 2. The SMILES string of the molecule is COc1ccccc1NC(=O)NCc1nc(-c2ccc(OC)c(OC)c2)no1. The van der Waals surface area contributed by atoms with E-state index in [1.54, 1.807) is 50.6 Å². The van der Waals surface area contributed by atoms with Gasteiger partial charge in [-0.1, -0.05) is 17.3 Å². The molecule has 9 nitrogen and oxygen atoms in total. The van der Waals surface area contributed by atoms with Crippen molar-refractivity contribution in [1.29, 1.82) is 0 Å². The molecule has 0 spiro atoms. The van der Waals surface area contributed by atoms with Crippen molar-refractivity contribution < 1.29 is 23.5 Å². The van der Waals surface area contributed by atoms with E-state index in [0.29, 0.717) is 34.3 Å². The third kappa shape index (κ3) is 4.32. The molecule has 0 fully saturated rings. The predicted octanol–water partition coefficient (Wildman–Crippen LogP) is 3.08. The average molecular weight is 384 g/mol. The van der Waals surface area contributed by atoms with E-state index in [2.05, 4.69) is 20.8 Å². The molecule has 2 aromatic carbocycles. The highest BCUT2D eigenvalue weighted by Gasteiger charge is 2.13. The van der Waals surface area contributed by atoms with Crippen molar-refractivity contribution in [3.05, 3.63) is 48.4 Å². The van der Waals surface area contributed by atoms with Crippen molar-refractivity contribution in [2.45, 2.75) is 6.54 Å². The topological polar surface area (TPSA) is 108 Å². The van der Waals surface area contributed by atoms with E-state index in [0.717, 1.165) is 0 Å². The summed E-state index contributed by atoms with van der Waals surface area (Å²) in [5.74, 6) is 2.36. The monoisotopic (exact) mass is 384 g/mol. The van der Waals surface area contributed by atoms with E-state index in [-0.39, 0.29) is 12.4 Å². The first-order valence-corrected chi connectivity index (χ1v) is 8.37. The summed E-state index contributed by atoms with van der Waals surface area (Å²) in [6.45, 7) is 0.0707. The van der Waals surface area contributed by atoms with Crippen molar-refractivity contribution in [3.63, 3.8) is 0 Å². The molecule has 28 heavy (non-hydrogen) atoms. The number of aromatic nitrogens is 2. The maximum atomic E-state index is 12.1. The minimum absolute atomic E-state index is 0.0707. The van der Waals surface area contributed by atoms with Crippen LogP contribution < -0.4 is 24.8 Å². The quantitative estimate of drug-likeness (QED) is 0.644. The highest BCUT2D eigenvalue weighted by Crippen LogP contribution is 2.31. The van der Waals surface area contributed by atoms with Crippen LogP contribution in [0.25, 0.3) is 11.4 Å². The summed E-state index contributed by atoms with van der Waals surface area (Å²) in [5.41, 5.74) is 1.25. The number of hydrogen-bond donors (Lipinski definition) is 2. The second-order valence-corrected chi connectivity index (χ2v) is 5.59. The van der Waals surface area contributed by atoms with E-state index in [1.165, 1.54) is 7.11 Å². The van der Waals surface area contributed by atoms with E-state index in [4.69, 9.17) is 18.7 Å². The third-order valence-electron chi connectivity index (χ3n) is 3.87. The van der Waals surface area contributed by atoms with Gasteiger partial charge < -0.3 is 29.4 Å². The van der Waals surface area contributed by atoms with E-state index >= 15 is 0 Å². The fourth-order valence-electron chi connectivity index (χ4n) is 2.49. The van der Waals surface area contributed by atoms with Gasteiger partial charge in [-0.05, 0) is 30.3 Å². The largest absolute Gasteiger partial charge is 0.495 e. The minimum atomic E-state index is -0.421. The Morgan fingerprint density at radius 3 is 2.50 bits per heavy atom. The number of benzene rings is 2. The molecule has 0 radical (unpaired) electrons. The molecule has 3 aromatic rings. The third-order valence-corrected chi connectivity index (χ3v) is 3.87. The summed E-state index contributed by atoms with van der Waals surface area (Å²) in [7, 11) is 4.64. The van der Waals surface area contributed by atoms with Gasteiger partial charge in [-0.25, -0.2) is 4.79 Å². The number of para-hydroxylation sites is 2. The summed E-state index contributed by atoms with van der Waals surface area (Å²) in [6, 6.07) is 12.0. The molecule has 0 saturated carbocycles. The van der Waals surface area contributed by atoms with Gasteiger partial charge >= 0.3 is 6.03 Å². The summed E-state index contributed by atoms with van der Waals surface area (Å²) >= 11 is 0. The fourth-order valence-corrected chi connectivity index (χ4v) is 2.49. The van der Waals surface area contributed by atoms with Gasteiger partial charge in [0.2, 0.25) is 11.7 Å². The molecule has 0 unspecified atom stereocenters. The van der Waals surface area contributed by atoms with Crippen LogP contribution in [0, 0.1) is 0 Å². The standard InChI is InChI=1S/C19H20N4O5/c1-25-14-7-5-4-6-13(14)21-19(24)20-11-17-22-18(23-28-17)12-8-9-15(26-2)16(10-12)27-3/h4-10H,11H2,1-3H3,(H2,20,21,24). The van der Waals surface area contributed by atoms with Crippen LogP contribution in [0.2, 0.25) is 0 Å². The molecule has 0 saturated heterocycles. The Balaban J connectivity index is 1.62. The van der Waals surface area contributed by atoms with Crippen LogP contribution in [0.4, 0.5) is 10.5 Å². The number of methoxy groups -OCH3 is 3. The van der Waals surface area contributed by atoms with Gasteiger partial charge in [-0.3, -0.25) is 0 Å². The summed E-state index contributed by atoms with van der Waals surface area (Å²) in [5, 5.41) is 9.29. The van der Waals surface area contributed by atoms with Gasteiger partial charge in [0, 0.05) is 5.56 Å². The van der Waals surface area contributed by atoms with Gasteiger partial charge in [0.25, 0.3) is 0 Å². The molecule has 146 valence electrons. The highest BCUT2D eigenvalue weighted by atomic mass is 16.5. The number of hydrogen-bond acceptors (Lipinski definition) is 7. The predicted molar refractivity (Wildman–Crippen MR) is 102 cm³/mol.